The molecule has 3 aromatic carbocycles. The lowest BCUT2D eigenvalue weighted by Crippen LogP contribution is -2.37. The molecule has 0 aliphatic carbocycles. The van der Waals surface area contributed by atoms with Crippen molar-refractivity contribution >= 4 is 28.4 Å². The number of amides is 1. The van der Waals surface area contributed by atoms with E-state index >= 15 is 0 Å². The Morgan fingerprint density at radius 3 is 2.38 bits per heavy atom. The molecule has 0 fully saturated rings. The first kappa shape index (κ1) is 23.5. The van der Waals surface area contributed by atoms with Crippen LogP contribution in [0.1, 0.15) is 36.2 Å². The zero-order chi connectivity index (χ0) is 24.2. The summed E-state index contributed by atoms with van der Waals surface area (Å²) in [7, 11) is 3.26. The van der Waals surface area contributed by atoms with Gasteiger partial charge in [0.25, 0.3) is 5.56 Å². The molecule has 0 N–H and O–H groups in total. The number of alkyl halides is 1. The third kappa shape index (κ3) is 4.29. The van der Waals surface area contributed by atoms with Gasteiger partial charge in [0.15, 0.2) is 0 Å². The van der Waals surface area contributed by atoms with E-state index in [1.165, 1.54) is 0 Å². The van der Waals surface area contributed by atoms with Gasteiger partial charge in [0.1, 0.15) is 17.0 Å². The fourth-order valence-electron chi connectivity index (χ4n) is 4.15. The Bertz CT molecular complexity index is 1370. The van der Waals surface area contributed by atoms with E-state index in [1.807, 2.05) is 67.6 Å². The summed E-state index contributed by atoms with van der Waals surface area (Å²) in [5.41, 5.74) is 1.62. The number of likely N-dealkylation sites (N-methyl/N-ethyl adjacent to an activating group) is 1. The van der Waals surface area contributed by atoms with Crippen molar-refractivity contribution in [1.82, 2.24) is 14.5 Å². The molecule has 0 spiro atoms. The molecule has 6 nitrogen and oxygen atoms in total. The number of ether oxygens (including phenoxy) is 1. The highest BCUT2D eigenvalue weighted by Gasteiger charge is 2.31. The summed E-state index contributed by atoms with van der Waals surface area (Å²) in [5, 5.41) is -0.368. The van der Waals surface area contributed by atoms with Gasteiger partial charge in [0.05, 0.1) is 29.7 Å². The van der Waals surface area contributed by atoms with E-state index in [2.05, 4.69) is 0 Å². The minimum Gasteiger partial charge on any atom is -0.495 e. The number of nitrogens with zero attached hydrogens (tertiary/aromatic N) is 3. The molecule has 0 bridgehead atoms. The van der Waals surface area contributed by atoms with E-state index in [0.717, 1.165) is 0 Å². The molecule has 174 valence electrons. The SMILES string of the molecule is CCC(c1nc2ccccc2c(=O)n1-c1ccccc1OC)N(C)C(=O)C(Cl)c1ccccc1. The third-order valence-electron chi connectivity index (χ3n) is 5.94. The van der Waals surface area contributed by atoms with Crippen LogP contribution in [0, 0.1) is 0 Å². The number of carbonyl (C=O) groups excluding carboxylic acids is 1. The molecule has 1 amide bonds. The number of halogens is 1. The molecule has 1 heterocycles. The first-order valence-electron chi connectivity index (χ1n) is 11.1. The molecular formula is C27H26ClN3O3. The molecule has 34 heavy (non-hydrogen) atoms. The fraction of sp³-hybridized carbons (Fsp3) is 0.222. The van der Waals surface area contributed by atoms with Gasteiger partial charge in [0, 0.05) is 7.05 Å². The molecule has 0 radical (unpaired) electrons. The maximum atomic E-state index is 13.7. The van der Waals surface area contributed by atoms with Crippen LogP contribution in [0.3, 0.4) is 0 Å². The summed E-state index contributed by atoms with van der Waals surface area (Å²) in [6, 6.07) is 23.2. The highest BCUT2D eigenvalue weighted by atomic mass is 35.5. The summed E-state index contributed by atoms with van der Waals surface area (Å²) in [6.07, 6.45) is 0.528. The van der Waals surface area contributed by atoms with E-state index in [4.69, 9.17) is 21.3 Å². The predicted octanol–water partition coefficient (Wildman–Crippen LogP) is 5.28. The van der Waals surface area contributed by atoms with Gasteiger partial charge in [-0.05, 0) is 36.2 Å². The minimum atomic E-state index is -0.855. The highest BCUT2D eigenvalue weighted by molar-refractivity contribution is 6.30. The molecule has 4 aromatic rings. The van der Waals surface area contributed by atoms with Crippen LogP contribution in [0.5, 0.6) is 5.75 Å². The number of aromatic nitrogens is 2. The van der Waals surface area contributed by atoms with Crippen LogP contribution in [-0.2, 0) is 4.79 Å². The second kappa shape index (κ2) is 10.1. The molecule has 1 aromatic heterocycles. The minimum absolute atomic E-state index is 0.227. The summed E-state index contributed by atoms with van der Waals surface area (Å²) in [4.78, 5) is 33.6. The number of hydrogen-bond acceptors (Lipinski definition) is 4. The molecule has 7 heteroatoms. The van der Waals surface area contributed by atoms with Gasteiger partial charge < -0.3 is 9.64 Å². The summed E-state index contributed by atoms with van der Waals surface area (Å²) in [5.74, 6) is 0.712. The lowest BCUT2D eigenvalue weighted by atomic mass is 10.1. The normalized spacial score (nSPS) is 12.8. The zero-order valence-corrected chi connectivity index (χ0v) is 20.1. The predicted molar refractivity (Wildman–Crippen MR) is 135 cm³/mol. The van der Waals surface area contributed by atoms with Crippen LogP contribution in [0.25, 0.3) is 16.6 Å². The first-order valence-corrected chi connectivity index (χ1v) is 11.5. The first-order chi connectivity index (χ1) is 16.5. The van der Waals surface area contributed by atoms with Crippen molar-refractivity contribution in [2.75, 3.05) is 14.2 Å². The third-order valence-corrected chi connectivity index (χ3v) is 6.38. The van der Waals surface area contributed by atoms with E-state index in [0.29, 0.717) is 40.1 Å². The number of carbonyl (C=O) groups is 1. The van der Waals surface area contributed by atoms with Crippen molar-refractivity contribution in [2.45, 2.75) is 24.8 Å². The molecule has 0 saturated carbocycles. The number of hydrogen-bond donors (Lipinski definition) is 0. The molecule has 4 rings (SSSR count). The Morgan fingerprint density at radius 2 is 1.68 bits per heavy atom. The molecule has 0 aliphatic rings. The van der Waals surface area contributed by atoms with Gasteiger partial charge in [0.2, 0.25) is 5.91 Å². The number of methoxy groups -OCH3 is 1. The van der Waals surface area contributed by atoms with Crippen LogP contribution >= 0.6 is 11.6 Å². The Labute approximate surface area is 203 Å². The lowest BCUT2D eigenvalue weighted by Gasteiger charge is -2.30. The number of para-hydroxylation sites is 3. The summed E-state index contributed by atoms with van der Waals surface area (Å²) in [6.45, 7) is 1.95. The van der Waals surface area contributed by atoms with Gasteiger partial charge in [-0.1, -0.05) is 61.5 Å². The smallest absolute Gasteiger partial charge is 0.266 e. The Balaban J connectivity index is 1.89. The van der Waals surface area contributed by atoms with Crippen LogP contribution in [0.4, 0.5) is 0 Å². The van der Waals surface area contributed by atoms with Gasteiger partial charge in [-0.2, -0.15) is 0 Å². The number of benzene rings is 3. The second-order valence-corrected chi connectivity index (χ2v) is 8.38. The monoisotopic (exact) mass is 475 g/mol. The molecular weight excluding hydrogens is 450 g/mol. The van der Waals surface area contributed by atoms with Crippen LogP contribution < -0.4 is 10.3 Å². The van der Waals surface area contributed by atoms with Crippen LogP contribution in [-0.4, -0.2) is 34.5 Å². The average molecular weight is 476 g/mol. The number of rotatable bonds is 7. The largest absolute Gasteiger partial charge is 0.495 e. The molecule has 0 aliphatic heterocycles. The maximum Gasteiger partial charge on any atom is 0.266 e. The number of fused-ring (bicyclic) bond motifs is 1. The van der Waals surface area contributed by atoms with Gasteiger partial charge in [-0.15, -0.1) is 11.6 Å². The van der Waals surface area contributed by atoms with Crippen LogP contribution in [0.2, 0.25) is 0 Å². The molecule has 2 atom stereocenters. The van der Waals surface area contributed by atoms with Crippen molar-refractivity contribution in [3.05, 3.63) is 101 Å². The van der Waals surface area contributed by atoms with E-state index in [1.54, 1.807) is 41.8 Å². The van der Waals surface area contributed by atoms with Gasteiger partial charge in [-0.3, -0.25) is 14.2 Å². The summed E-state index contributed by atoms with van der Waals surface area (Å²) < 4.78 is 7.10. The van der Waals surface area contributed by atoms with E-state index in [9.17, 15) is 9.59 Å². The van der Waals surface area contributed by atoms with Crippen molar-refractivity contribution in [1.29, 1.82) is 0 Å². The zero-order valence-electron chi connectivity index (χ0n) is 19.3. The Morgan fingerprint density at radius 1 is 1.03 bits per heavy atom. The fourth-order valence-corrected chi connectivity index (χ4v) is 4.45. The maximum absolute atomic E-state index is 13.7. The van der Waals surface area contributed by atoms with Gasteiger partial charge in [-0.25, -0.2) is 4.98 Å². The van der Waals surface area contributed by atoms with E-state index < -0.39 is 11.4 Å². The topological polar surface area (TPSA) is 64.4 Å². The lowest BCUT2D eigenvalue weighted by molar-refractivity contribution is -0.132. The molecule has 0 saturated heterocycles. The van der Waals surface area contributed by atoms with Crippen molar-refractivity contribution in [2.24, 2.45) is 0 Å². The van der Waals surface area contributed by atoms with Crippen molar-refractivity contribution in [3.63, 3.8) is 0 Å². The summed E-state index contributed by atoms with van der Waals surface area (Å²) >= 11 is 6.57. The van der Waals surface area contributed by atoms with E-state index in [-0.39, 0.29) is 11.5 Å². The van der Waals surface area contributed by atoms with Crippen LogP contribution in [0.15, 0.2) is 83.7 Å². The standard InChI is InChI=1S/C27H26ClN3O3/c1-4-21(30(2)27(33)24(28)18-12-6-5-7-13-18)25-29-20-15-9-8-14-19(20)26(32)31(25)22-16-10-11-17-23(22)34-3/h5-17,21,24H,4H2,1-3H3. The van der Waals surface area contributed by atoms with Crippen molar-refractivity contribution in [3.8, 4) is 11.4 Å². The van der Waals surface area contributed by atoms with Crippen molar-refractivity contribution < 1.29 is 9.53 Å². The van der Waals surface area contributed by atoms with Gasteiger partial charge >= 0.3 is 0 Å². The quantitative estimate of drug-likeness (QED) is 0.341. The Kier molecular flexibility index (Phi) is 6.98. The second-order valence-electron chi connectivity index (χ2n) is 7.95. The average Bonchev–Trinajstić information content (AvgIpc) is 2.89. The Hall–Kier alpha value is -3.64. The molecule has 2 unspecified atom stereocenters. The highest BCUT2D eigenvalue weighted by Crippen LogP contribution is 2.31.